The Hall–Kier alpha value is -0.710. The van der Waals surface area contributed by atoms with Crippen LogP contribution >= 0.6 is 38.9 Å². The monoisotopic (exact) mass is 318 g/mol. The van der Waals surface area contributed by atoms with Crippen LogP contribution in [0.4, 0.5) is 4.39 Å². The van der Waals surface area contributed by atoms with E-state index in [4.69, 9.17) is 11.6 Å². The lowest BCUT2D eigenvalue weighted by molar-refractivity contribution is 0.104. The SMILES string of the molecule is O=C(c1cc(F)cc(Br)c1)c1ccc(Cl)s1. The highest BCUT2D eigenvalue weighted by Crippen LogP contribution is 2.25. The fourth-order valence-electron chi connectivity index (χ4n) is 1.26. The molecule has 0 unspecified atom stereocenters. The molecule has 0 aliphatic rings. The molecule has 0 saturated carbocycles. The lowest BCUT2D eigenvalue weighted by Crippen LogP contribution is -1.99. The predicted octanol–water partition coefficient (Wildman–Crippen LogP) is 4.53. The maximum absolute atomic E-state index is 13.1. The van der Waals surface area contributed by atoms with Crippen LogP contribution in [-0.4, -0.2) is 5.78 Å². The molecule has 1 aromatic carbocycles. The van der Waals surface area contributed by atoms with Gasteiger partial charge in [0.2, 0.25) is 5.78 Å². The van der Waals surface area contributed by atoms with E-state index in [1.54, 1.807) is 18.2 Å². The molecule has 2 rings (SSSR count). The highest BCUT2D eigenvalue weighted by atomic mass is 79.9. The van der Waals surface area contributed by atoms with Crippen LogP contribution in [0.1, 0.15) is 15.2 Å². The van der Waals surface area contributed by atoms with Crippen LogP contribution in [0.2, 0.25) is 4.34 Å². The van der Waals surface area contributed by atoms with Crippen LogP contribution in [0.5, 0.6) is 0 Å². The number of thiophene rings is 1. The summed E-state index contributed by atoms with van der Waals surface area (Å²) in [6, 6.07) is 7.37. The molecule has 0 amide bonds. The smallest absolute Gasteiger partial charge is 0.203 e. The van der Waals surface area contributed by atoms with Crippen molar-refractivity contribution in [2.24, 2.45) is 0 Å². The molecule has 5 heteroatoms. The van der Waals surface area contributed by atoms with Gasteiger partial charge in [0, 0.05) is 10.0 Å². The van der Waals surface area contributed by atoms with Gasteiger partial charge in [0.1, 0.15) is 5.82 Å². The molecule has 82 valence electrons. The zero-order valence-electron chi connectivity index (χ0n) is 7.84. The van der Waals surface area contributed by atoms with E-state index in [2.05, 4.69) is 15.9 Å². The van der Waals surface area contributed by atoms with E-state index >= 15 is 0 Å². The highest BCUT2D eigenvalue weighted by Gasteiger charge is 2.13. The van der Waals surface area contributed by atoms with Crippen LogP contribution in [0, 0.1) is 5.82 Å². The lowest BCUT2D eigenvalue weighted by Gasteiger charge is -1.99. The molecule has 0 atom stereocenters. The maximum Gasteiger partial charge on any atom is 0.203 e. The molecule has 1 aromatic heterocycles. The van der Waals surface area contributed by atoms with Crippen molar-refractivity contribution in [1.82, 2.24) is 0 Å². The molecule has 16 heavy (non-hydrogen) atoms. The molecule has 0 saturated heterocycles. The second kappa shape index (κ2) is 4.65. The van der Waals surface area contributed by atoms with Crippen molar-refractivity contribution in [1.29, 1.82) is 0 Å². The molecule has 2 aromatic rings. The van der Waals surface area contributed by atoms with Gasteiger partial charge in [-0.2, -0.15) is 0 Å². The molecule has 0 aliphatic carbocycles. The van der Waals surface area contributed by atoms with Crippen molar-refractivity contribution in [3.8, 4) is 0 Å². The van der Waals surface area contributed by atoms with Crippen molar-refractivity contribution in [2.45, 2.75) is 0 Å². The summed E-state index contributed by atoms with van der Waals surface area (Å²) in [5, 5.41) is 0. The third-order valence-corrected chi connectivity index (χ3v) is 3.61. The first-order valence-electron chi connectivity index (χ1n) is 4.32. The van der Waals surface area contributed by atoms with E-state index in [-0.39, 0.29) is 5.78 Å². The highest BCUT2D eigenvalue weighted by molar-refractivity contribution is 9.10. The molecule has 0 bridgehead atoms. The first-order chi connectivity index (χ1) is 7.56. The Balaban J connectivity index is 2.41. The van der Waals surface area contributed by atoms with Gasteiger partial charge in [-0.05, 0) is 30.3 Å². The van der Waals surface area contributed by atoms with Crippen LogP contribution in [0.15, 0.2) is 34.8 Å². The molecule has 0 fully saturated rings. The second-order valence-corrected chi connectivity index (χ2v) is 5.72. The van der Waals surface area contributed by atoms with Gasteiger partial charge in [-0.25, -0.2) is 4.39 Å². The van der Waals surface area contributed by atoms with E-state index in [0.29, 0.717) is 19.2 Å². The molecule has 0 spiro atoms. The number of hydrogen-bond acceptors (Lipinski definition) is 2. The maximum atomic E-state index is 13.1. The number of rotatable bonds is 2. The summed E-state index contributed by atoms with van der Waals surface area (Å²) in [7, 11) is 0. The van der Waals surface area contributed by atoms with Crippen LogP contribution < -0.4 is 0 Å². The second-order valence-electron chi connectivity index (χ2n) is 3.09. The quantitative estimate of drug-likeness (QED) is 0.743. The Bertz CT molecular complexity index is 532. The van der Waals surface area contributed by atoms with E-state index in [9.17, 15) is 9.18 Å². The topological polar surface area (TPSA) is 17.1 Å². The molecular weight excluding hydrogens is 315 g/mol. The Morgan fingerprint density at radius 2 is 2.06 bits per heavy atom. The van der Waals surface area contributed by atoms with E-state index in [1.807, 2.05) is 0 Å². The third kappa shape index (κ3) is 2.51. The van der Waals surface area contributed by atoms with Gasteiger partial charge in [-0.1, -0.05) is 27.5 Å². The van der Waals surface area contributed by atoms with Crippen molar-refractivity contribution in [3.05, 3.63) is 55.4 Å². The Morgan fingerprint density at radius 3 is 2.62 bits per heavy atom. The first kappa shape index (κ1) is 11.8. The summed E-state index contributed by atoms with van der Waals surface area (Å²) in [6.45, 7) is 0. The minimum Gasteiger partial charge on any atom is -0.288 e. The van der Waals surface area contributed by atoms with E-state index < -0.39 is 5.82 Å². The number of ketones is 1. The fraction of sp³-hybridized carbons (Fsp3) is 0. The molecular formula is C11H5BrClFOS. The van der Waals surface area contributed by atoms with Crippen molar-refractivity contribution in [2.75, 3.05) is 0 Å². The van der Waals surface area contributed by atoms with Gasteiger partial charge in [0.25, 0.3) is 0 Å². The normalized spacial score (nSPS) is 10.4. The number of benzene rings is 1. The van der Waals surface area contributed by atoms with Gasteiger partial charge >= 0.3 is 0 Å². The van der Waals surface area contributed by atoms with Gasteiger partial charge in [-0.15, -0.1) is 11.3 Å². The minimum absolute atomic E-state index is 0.225. The van der Waals surface area contributed by atoms with E-state index in [1.165, 1.54) is 23.5 Å². The van der Waals surface area contributed by atoms with Crippen LogP contribution in [0.3, 0.4) is 0 Å². The Kier molecular flexibility index (Phi) is 3.42. The van der Waals surface area contributed by atoms with Gasteiger partial charge in [0.05, 0.1) is 9.21 Å². The minimum atomic E-state index is -0.444. The van der Waals surface area contributed by atoms with Gasteiger partial charge < -0.3 is 0 Å². The number of carbonyl (C=O) groups is 1. The molecule has 1 heterocycles. The summed E-state index contributed by atoms with van der Waals surface area (Å²) in [6.07, 6.45) is 0. The third-order valence-electron chi connectivity index (χ3n) is 1.92. The molecule has 0 aliphatic heterocycles. The standard InChI is InChI=1S/C11H5BrClFOS/c12-7-3-6(4-8(14)5-7)11(15)9-1-2-10(13)16-9/h1-5H. The van der Waals surface area contributed by atoms with Crippen LogP contribution in [0.25, 0.3) is 0 Å². The Morgan fingerprint density at radius 1 is 1.31 bits per heavy atom. The summed E-state index contributed by atoms with van der Waals surface area (Å²) in [5.41, 5.74) is 0.311. The summed E-state index contributed by atoms with van der Waals surface area (Å²) >= 11 is 10.1. The van der Waals surface area contributed by atoms with Gasteiger partial charge in [0.15, 0.2) is 0 Å². The molecule has 0 radical (unpaired) electrons. The molecule has 1 nitrogen and oxygen atoms in total. The van der Waals surface area contributed by atoms with Crippen LogP contribution in [-0.2, 0) is 0 Å². The summed E-state index contributed by atoms with van der Waals surface area (Å²) in [5.74, 6) is -0.669. The van der Waals surface area contributed by atoms with Crippen molar-refractivity contribution < 1.29 is 9.18 Å². The van der Waals surface area contributed by atoms with E-state index in [0.717, 1.165) is 0 Å². The average molecular weight is 320 g/mol. The average Bonchev–Trinajstić information content (AvgIpc) is 2.62. The van der Waals surface area contributed by atoms with Crippen molar-refractivity contribution in [3.63, 3.8) is 0 Å². The summed E-state index contributed by atoms with van der Waals surface area (Å²) < 4.78 is 14.2. The molecule has 0 N–H and O–H groups in total. The zero-order valence-corrected chi connectivity index (χ0v) is 11.0. The summed E-state index contributed by atoms with van der Waals surface area (Å²) in [4.78, 5) is 12.4. The first-order valence-corrected chi connectivity index (χ1v) is 6.31. The number of hydrogen-bond donors (Lipinski definition) is 0. The number of halogens is 3. The largest absolute Gasteiger partial charge is 0.288 e. The zero-order chi connectivity index (χ0) is 11.7. The lowest BCUT2D eigenvalue weighted by atomic mass is 10.1. The fourth-order valence-corrected chi connectivity index (χ4v) is 2.73. The Labute approximate surface area is 109 Å². The number of carbonyl (C=O) groups excluding carboxylic acids is 1. The van der Waals surface area contributed by atoms with Crippen molar-refractivity contribution >= 4 is 44.7 Å². The van der Waals surface area contributed by atoms with Gasteiger partial charge in [-0.3, -0.25) is 4.79 Å². The predicted molar refractivity (Wildman–Crippen MR) is 66.9 cm³/mol.